The van der Waals surface area contributed by atoms with Gasteiger partial charge in [-0.25, -0.2) is 0 Å². The summed E-state index contributed by atoms with van der Waals surface area (Å²) in [5.74, 6) is 0.241. The van der Waals surface area contributed by atoms with E-state index in [1.165, 1.54) is 40.7 Å². The molecule has 0 radical (unpaired) electrons. The number of hydrogen-bond donors (Lipinski definition) is 2. The van der Waals surface area contributed by atoms with Crippen LogP contribution in [0.15, 0.2) is 48.5 Å². The van der Waals surface area contributed by atoms with Crippen molar-refractivity contribution >= 4 is 17.2 Å². The molecule has 1 aliphatic carbocycles. The fraction of sp³-hybridized carbons (Fsp3) is 0.444. The Kier molecular flexibility index (Phi) is 5.24. The van der Waals surface area contributed by atoms with Gasteiger partial charge in [-0.2, -0.15) is 0 Å². The average Bonchev–Trinajstić information content (AvgIpc) is 3.06. The number of nitrogens with one attached hydrogen (secondary N) is 2. The van der Waals surface area contributed by atoms with Gasteiger partial charge in [0.05, 0.1) is 5.41 Å². The van der Waals surface area contributed by atoms with Crippen LogP contribution < -0.4 is 10.6 Å². The number of carbonyl (C=O) groups is 1. The molecule has 0 saturated heterocycles. The molecule has 0 fully saturated rings. The van der Waals surface area contributed by atoms with E-state index in [1.54, 1.807) is 0 Å². The van der Waals surface area contributed by atoms with Gasteiger partial charge in [-0.3, -0.25) is 4.79 Å². The zero-order valence-electron chi connectivity index (χ0n) is 18.0. The summed E-state index contributed by atoms with van der Waals surface area (Å²) in [6.07, 6.45) is 11.1. The van der Waals surface area contributed by atoms with Gasteiger partial charge in [0.15, 0.2) is 0 Å². The van der Waals surface area contributed by atoms with Crippen LogP contribution in [0.2, 0.25) is 0 Å². The molecule has 0 saturated carbocycles. The molecule has 0 aromatic heterocycles. The Morgan fingerprint density at radius 3 is 2.83 bits per heavy atom. The molecule has 2 unspecified atom stereocenters. The zero-order chi connectivity index (χ0) is 20.6. The lowest BCUT2D eigenvalue weighted by atomic mass is 9.68. The predicted octanol–water partition coefficient (Wildman–Crippen LogP) is 5.53. The van der Waals surface area contributed by atoms with E-state index in [-0.39, 0.29) is 11.3 Å². The number of hydrogen-bond acceptors (Lipinski definition) is 2. The summed E-state index contributed by atoms with van der Waals surface area (Å²) in [6, 6.07) is 15.8. The van der Waals surface area contributed by atoms with Crippen molar-refractivity contribution in [1.29, 1.82) is 0 Å². The summed E-state index contributed by atoms with van der Waals surface area (Å²) in [5.41, 5.74) is 7.66. The molecular weight excluding hydrogens is 368 g/mol. The molecule has 0 spiro atoms. The van der Waals surface area contributed by atoms with E-state index in [0.29, 0.717) is 6.04 Å². The molecule has 3 nitrogen and oxygen atoms in total. The Balaban J connectivity index is 1.19. The second kappa shape index (κ2) is 8.03. The molecule has 2 N–H and O–H groups in total. The molecule has 0 bridgehead atoms. The second-order valence-corrected chi connectivity index (χ2v) is 9.38. The molecule has 2 aromatic rings. The van der Waals surface area contributed by atoms with E-state index >= 15 is 0 Å². The summed E-state index contributed by atoms with van der Waals surface area (Å²) in [6.45, 7) is 3.10. The van der Waals surface area contributed by atoms with Crippen molar-refractivity contribution in [3.8, 4) is 0 Å². The quantitative estimate of drug-likeness (QED) is 0.626. The van der Waals surface area contributed by atoms with Gasteiger partial charge in [0.1, 0.15) is 0 Å². The van der Waals surface area contributed by atoms with Crippen molar-refractivity contribution < 1.29 is 4.79 Å². The molecule has 2 aliphatic heterocycles. The first-order chi connectivity index (χ1) is 14.7. The Morgan fingerprint density at radius 1 is 1.10 bits per heavy atom. The summed E-state index contributed by atoms with van der Waals surface area (Å²) in [7, 11) is 0. The Labute approximate surface area is 180 Å². The van der Waals surface area contributed by atoms with Crippen LogP contribution in [0.4, 0.5) is 5.69 Å². The lowest BCUT2D eigenvalue weighted by Gasteiger charge is -2.33. The molecule has 2 aromatic carbocycles. The van der Waals surface area contributed by atoms with Gasteiger partial charge >= 0.3 is 0 Å². The van der Waals surface area contributed by atoms with E-state index in [1.807, 2.05) is 0 Å². The van der Waals surface area contributed by atoms with Crippen molar-refractivity contribution in [2.45, 2.75) is 69.7 Å². The number of unbranched alkanes of at least 4 members (excludes halogenated alkanes) is 1. The van der Waals surface area contributed by atoms with Crippen molar-refractivity contribution in [3.05, 3.63) is 70.8 Å². The van der Waals surface area contributed by atoms with Crippen LogP contribution in [-0.2, 0) is 16.6 Å². The highest BCUT2D eigenvalue weighted by molar-refractivity contribution is 6.07. The third kappa shape index (κ3) is 3.50. The molecule has 5 rings (SSSR count). The number of carbonyl (C=O) groups excluding carboxylic acids is 1. The topological polar surface area (TPSA) is 41.1 Å². The maximum Gasteiger partial charge on any atom is 0.235 e. The van der Waals surface area contributed by atoms with Crippen LogP contribution in [0.1, 0.15) is 67.2 Å². The van der Waals surface area contributed by atoms with Crippen LogP contribution in [0.3, 0.4) is 0 Å². The van der Waals surface area contributed by atoms with Crippen LogP contribution in [-0.4, -0.2) is 18.5 Å². The normalized spacial score (nSPS) is 24.9. The number of anilines is 1. The number of rotatable bonds is 6. The minimum Gasteiger partial charge on any atom is -0.325 e. The van der Waals surface area contributed by atoms with Gasteiger partial charge in [0.25, 0.3) is 0 Å². The molecule has 30 heavy (non-hydrogen) atoms. The second-order valence-electron chi connectivity index (χ2n) is 9.38. The van der Waals surface area contributed by atoms with Crippen molar-refractivity contribution in [3.63, 3.8) is 0 Å². The van der Waals surface area contributed by atoms with Gasteiger partial charge in [-0.15, -0.1) is 0 Å². The number of aryl methyl sites for hydroxylation is 2. The smallest absolute Gasteiger partial charge is 0.235 e. The summed E-state index contributed by atoms with van der Waals surface area (Å²) >= 11 is 0. The molecule has 2 atom stereocenters. The zero-order valence-corrected chi connectivity index (χ0v) is 18.0. The summed E-state index contributed by atoms with van der Waals surface area (Å²) < 4.78 is 0. The number of amides is 1. The van der Waals surface area contributed by atoms with Gasteiger partial charge in [-0.05, 0) is 73.8 Å². The molecule has 3 aliphatic rings. The first kappa shape index (κ1) is 19.6. The van der Waals surface area contributed by atoms with Crippen LogP contribution in [0, 0.1) is 6.92 Å². The van der Waals surface area contributed by atoms with Gasteiger partial charge < -0.3 is 10.6 Å². The maximum atomic E-state index is 13.0. The predicted molar refractivity (Wildman–Crippen MR) is 124 cm³/mol. The van der Waals surface area contributed by atoms with E-state index in [9.17, 15) is 4.79 Å². The molecule has 2 heterocycles. The minimum absolute atomic E-state index is 0.241. The van der Waals surface area contributed by atoms with Crippen molar-refractivity contribution in [2.24, 2.45) is 0 Å². The van der Waals surface area contributed by atoms with E-state index in [0.717, 1.165) is 50.8 Å². The van der Waals surface area contributed by atoms with Crippen LogP contribution in [0.5, 0.6) is 0 Å². The lowest BCUT2D eigenvalue weighted by Crippen LogP contribution is -2.37. The Morgan fingerprint density at radius 2 is 1.97 bits per heavy atom. The van der Waals surface area contributed by atoms with Crippen LogP contribution >= 0.6 is 0 Å². The fourth-order valence-corrected chi connectivity index (χ4v) is 5.81. The highest BCUT2D eigenvalue weighted by Gasteiger charge is 2.48. The highest BCUT2D eigenvalue weighted by atomic mass is 16.2. The van der Waals surface area contributed by atoms with Gasteiger partial charge in [-0.1, -0.05) is 60.9 Å². The van der Waals surface area contributed by atoms with Crippen LogP contribution in [0.25, 0.3) is 5.57 Å². The maximum absolute atomic E-state index is 13.0. The third-order valence-corrected chi connectivity index (χ3v) is 7.41. The van der Waals surface area contributed by atoms with Gasteiger partial charge in [0.2, 0.25) is 5.91 Å². The van der Waals surface area contributed by atoms with Crippen molar-refractivity contribution in [1.82, 2.24) is 5.32 Å². The van der Waals surface area contributed by atoms with Gasteiger partial charge in [0, 0.05) is 18.3 Å². The van der Waals surface area contributed by atoms with E-state index in [4.69, 9.17) is 0 Å². The monoisotopic (exact) mass is 400 g/mol. The fourth-order valence-electron chi connectivity index (χ4n) is 5.81. The Bertz CT molecular complexity index is 975. The SMILES string of the molecule is Cc1ccc(C2=CCNC(CCCCC34CCCc5cccc(c53)NC4=O)C2)cc1. The van der Waals surface area contributed by atoms with E-state index in [2.05, 4.69) is 66.1 Å². The first-order valence-electron chi connectivity index (χ1n) is 11.6. The van der Waals surface area contributed by atoms with Crippen molar-refractivity contribution in [2.75, 3.05) is 11.9 Å². The Hall–Kier alpha value is -2.39. The van der Waals surface area contributed by atoms with E-state index < -0.39 is 0 Å². The highest BCUT2D eigenvalue weighted by Crippen LogP contribution is 2.49. The average molecular weight is 401 g/mol. The summed E-state index contributed by atoms with van der Waals surface area (Å²) in [4.78, 5) is 13.0. The molecular formula is C27H32N2O. The first-order valence-corrected chi connectivity index (χ1v) is 11.6. The largest absolute Gasteiger partial charge is 0.325 e. The summed E-state index contributed by atoms with van der Waals surface area (Å²) in [5, 5.41) is 6.85. The minimum atomic E-state index is -0.267. The molecule has 156 valence electrons. The lowest BCUT2D eigenvalue weighted by molar-refractivity contribution is -0.121. The number of benzene rings is 2. The standard InChI is InChI=1S/C27H32N2O/c1-19-10-12-20(13-11-19)22-14-17-28-23(18-22)8-2-3-15-27-16-5-7-21-6-4-9-24(25(21)27)29-26(27)30/h4,6,9-14,23,28H,2-3,5,7-8,15-18H2,1H3,(H,29,30). The molecule has 1 amide bonds. The molecule has 3 heteroatoms. The third-order valence-electron chi connectivity index (χ3n) is 7.41.